The number of hydrogen-bond acceptors (Lipinski definition) is 5. The van der Waals surface area contributed by atoms with E-state index in [1.807, 2.05) is 0 Å². The molecule has 0 fully saturated rings. The average Bonchev–Trinajstić information content (AvgIpc) is 3.11. The van der Waals surface area contributed by atoms with E-state index in [9.17, 15) is 31.1 Å². The highest BCUT2D eigenvalue weighted by Gasteiger charge is 2.39. The van der Waals surface area contributed by atoms with E-state index in [0.717, 1.165) is 24.4 Å². The van der Waals surface area contributed by atoms with Gasteiger partial charge in [0.15, 0.2) is 23.2 Å². The van der Waals surface area contributed by atoms with Gasteiger partial charge in [-0.15, -0.1) is 0 Å². The van der Waals surface area contributed by atoms with Gasteiger partial charge in [0.25, 0.3) is 0 Å². The van der Waals surface area contributed by atoms with E-state index >= 15 is 0 Å². The van der Waals surface area contributed by atoms with Crippen LogP contribution in [0.2, 0.25) is 5.02 Å². The molecular formula is C20H13ClF6N2O3S. The summed E-state index contributed by atoms with van der Waals surface area (Å²) in [6.45, 7) is 0.347. The standard InChI is InChI=1S/C20H13ClF6N2O3S/c1-8(19(30)31)2-9-3-13(23)17(14(24)4-9)32-7-11-15(29-33-18(11)20(25,26)27)16-12(22)5-10(21)6-28-16/h3-6,8H,2,7H2,1H3,(H,30,31). The number of halogens is 7. The number of aromatic nitrogens is 2. The number of ether oxygens (including phenoxy) is 1. The van der Waals surface area contributed by atoms with E-state index in [1.54, 1.807) is 0 Å². The molecule has 0 aliphatic rings. The molecule has 2 aromatic heterocycles. The molecule has 2 heterocycles. The number of benzene rings is 1. The molecule has 0 amide bonds. The zero-order chi connectivity index (χ0) is 24.5. The van der Waals surface area contributed by atoms with Crippen molar-refractivity contribution in [3.05, 3.63) is 62.9 Å². The van der Waals surface area contributed by atoms with Gasteiger partial charge in [0.2, 0.25) is 0 Å². The second-order valence-electron chi connectivity index (χ2n) is 6.94. The topological polar surface area (TPSA) is 72.3 Å². The van der Waals surface area contributed by atoms with Crippen LogP contribution in [-0.2, 0) is 24.0 Å². The highest BCUT2D eigenvalue weighted by molar-refractivity contribution is 7.06. The molecule has 5 nitrogen and oxygen atoms in total. The van der Waals surface area contributed by atoms with Crippen molar-refractivity contribution in [2.75, 3.05) is 0 Å². The summed E-state index contributed by atoms with van der Waals surface area (Å²) in [4.78, 5) is 13.3. The first-order chi connectivity index (χ1) is 15.4. The third-order valence-corrected chi connectivity index (χ3v) is 5.60. The number of alkyl halides is 3. The Kier molecular flexibility index (Phi) is 7.17. The lowest BCUT2D eigenvalue weighted by Gasteiger charge is -2.13. The van der Waals surface area contributed by atoms with Crippen LogP contribution in [0.15, 0.2) is 24.4 Å². The highest BCUT2D eigenvalue weighted by Crippen LogP contribution is 2.40. The fourth-order valence-electron chi connectivity index (χ4n) is 2.89. The van der Waals surface area contributed by atoms with Gasteiger partial charge in [0, 0.05) is 11.8 Å². The van der Waals surface area contributed by atoms with Crippen molar-refractivity contribution in [3.63, 3.8) is 0 Å². The minimum atomic E-state index is -4.90. The van der Waals surface area contributed by atoms with Gasteiger partial charge in [-0.3, -0.25) is 4.79 Å². The monoisotopic (exact) mass is 510 g/mol. The number of pyridine rings is 1. The largest absolute Gasteiger partial charge is 0.483 e. The van der Waals surface area contributed by atoms with Crippen LogP contribution >= 0.6 is 23.1 Å². The van der Waals surface area contributed by atoms with Crippen molar-refractivity contribution < 1.29 is 41.0 Å². The molecule has 0 bridgehead atoms. The fraction of sp³-hybridized carbons (Fsp3) is 0.250. The molecule has 0 saturated carbocycles. The smallest absolute Gasteiger partial charge is 0.427 e. The van der Waals surface area contributed by atoms with Gasteiger partial charge in [-0.1, -0.05) is 18.5 Å². The minimum Gasteiger partial charge on any atom is -0.483 e. The number of rotatable bonds is 7. The van der Waals surface area contributed by atoms with E-state index in [4.69, 9.17) is 21.4 Å². The molecule has 0 saturated heterocycles. The molecule has 1 N–H and O–H groups in total. The van der Waals surface area contributed by atoms with Crippen molar-refractivity contribution in [2.45, 2.75) is 26.1 Å². The van der Waals surface area contributed by atoms with Crippen LogP contribution < -0.4 is 4.74 Å². The van der Waals surface area contributed by atoms with E-state index in [-0.39, 0.29) is 28.5 Å². The van der Waals surface area contributed by atoms with Crippen molar-refractivity contribution >= 4 is 29.1 Å². The van der Waals surface area contributed by atoms with Crippen LogP contribution in [0, 0.1) is 23.4 Å². The van der Waals surface area contributed by atoms with Crippen LogP contribution in [0.4, 0.5) is 26.3 Å². The Morgan fingerprint density at radius 1 is 1.15 bits per heavy atom. The summed E-state index contributed by atoms with van der Waals surface area (Å²) in [5, 5.41) is 8.83. The molecule has 176 valence electrons. The van der Waals surface area contributed by atoms with Gasteiger partial charge in [-0.05, 0) is 41.7 Å². The van der Waals surface area contributed by atoms with Gasteiger partial charge in [0.1, 0.15) is 22.9 Å². The lowest BCUT2D eigenvalue weighted by molar-refractivity contribution is -0.141. The molecule has 0 spiro atoms. The second kappa shape index (κ2) is 9.56. The maximum atomic E-state index is 14.4. The summed E-state index contributed by atoms with van der Waals surface area (Å²) in [5.41, 5.74) is -1.69. The van der Waals surface area contributed by atoms with Gasteiger partial charge in [0.05, 0.1) is 10.9 Å². The van der Waals surface area contributed by atoms with Crippen molar-refractivity contribution in [3.8, 4) is 17.1 Å². The Labute approximate surface area is 191 Å². The maximum Gasteiger partial charge on any atom is 0.427 e. The fourth-order valence-corrected chi connectivity index (χ4v) is 3.79. The molecule has 0 aliphatic heterocycles. The zero-order valence-corrected chi connectivity index (χ0v) is 18.1. The number of carboxylic acids is 1. The first kappa shape index (κ1) is 24.8. The third-order valence-electron chi connectivity index (χ3n) is 4.46. The van der Waals surface area contributed by atoms with Gasteiger partial charge in [-0.25, -0.2) is 18.2 Å². The number of aliphatic carboxylic acids is 1. The normalized spacial score (nSPS) is 12.6. The molecule has 3 aromatic rings. The van der Waals surface area contributed by atoms with Crippen LogP contribution in [-0.4, -0.2) is 20.4 Å². The first-order valence-corrected chi connectivity index (χ1v) is 10.2. The lowest BCUT2D eigenvalue weighted by Crippen LogP contribution is -2.13. The Bertz CT molecular complexity index is 1180. The minimum absolute atomic E-state index is 0.00859. The molecule has 13 heteroatoms. The molecule has 0 radical (unpaired) electrons. The summed E-state index contributed by atoms with van der Waals surface area (Å²) in [6, 6.07) is 2.49. The third kappa shape index (κ3) is 5.56. The number of hydrogen-bond donors (Lipinski definition) is 1. The zero-order valence-electron chi connectivity index (χ0n) is 16.5. The Morgan fingerprint density at radius 3 is 2.33 bits per heavy atom. The van der Waals surface area contributed by atoms with E-state index in [2.05, 4.69) is 9.36 Å². The number of nitrogens with zero attached hydrogens (tertiary/aromatic N) is 2. The van der Waals surface area contributed by atoms with E-state index in [0.29, 0.717) is 0 Å². The Hall–Kier alpha value is -2.86. The van der Waals surface area contributed by atoms with Crippen molar-refractivity contribution in [2.24, 2.45) is 5.92 Å². The van der Waals surface area contributed by atoms with E-state index in [1.165, 1.54) is 6.92 Å². The van der Waals surface area contributed by atoms with Crippen LogP contribution in [0.3, 0.4) is 0 Å². The molecule has 1 unspecified atom stereocenters. The molecule has 0 aliphatic carbocycles. The predicted molar refractivity (Wildman–Crippen MR) is 107 cm³/mol. The lowest BCUT2D eigenvalue weighted by atomic mass is 10.0. The molecule has 33 heavy (non-hydrogen) atoms. The summed E-state index contributed by atoms with van der Waals surface area (Å²) >= 11 is 5.63. The van der Waals surface area contributed by atoms with Crippen LogP contribution in [0.1, 0.15) is 22.9 Å². The summed E-state index contributed by atoms with van der Waals surface area (Å²) < 4.78 is 92.1. The second-order valence-corrected chi connectivity index (χ2v) is 8.15. The summed E-state index contributed by atoms with van der Waals surface area (Å²) in [6.07, 6.45) is -4.07. The van der Waals surface area contributed by atoms with Gasteiger partial charge >= 0.3 is 12.1 Å². The SMILES string of the molecule is CC(Cc1cc(F)c(OCc2c(-c3ncc(Cl)cc3F)nsc2C(F)(F)F)c(F)c1)C(=O)O. The molecular weight excluding hydrogens is 498 g/mol. The molecule has 1 aromatic carbocycles. The maximum absolute atomic E-state index is 14.4. The highest BCUT2D eigenvalue weighted by atomic mass is 35.5. The van der Waals surface area contributed by atoms with Crippen molar-refractivity contribution in [1.29, 1.82) is 0 Å². The van der Waals surface area contributed by atoms with Gasteiger partial charge < -0.3 is 9.84 Å². The summed E-state index contributed by atoms with van der Waals surface area (Å²) in [7, 11) is 0. The quantitative estimate of drug-likeness (QED) is 0.387. The van der Waals surface area contributed by atoms with Crippen LogP contribution in [0.25, 0.3) is 11.4 Å². The number of carboxylic acid groups (broad SMARTS) is 1. The summed E-state index contributed by atoms with van der Waals surface area (Å²) in [5.74, 6) is -6.59. The molecule has 1 atom stereocenters. The first-order valence-electron chi connectivity index (χ1n) is 9.09. The molecule has 3 rings (SSSR count). The Balaban J connectivity index is 1.95. The van der Waals surface area contributed by atoms with Gasteiger partial charge in [-0.2, -0.15) is 17.5 Å². The predicted octanol–water partition coefficient (Wildman–Crippen LogP) is 6.14. The number of carbonyl (C=O) groups is 1. The van der Waals surface area contributed by atoms with Crippen LogP contribution in [0.5, 0.6) is 5.75 Å². The van der Waals surface area contributed by atoms with E-state index < -0.39 is 69.7 Å². The Morgan fingerprint density at radius 2 is 1.79 bits per heavy atom. The average molecular weight is 511 g/mol. The van der Waals surface area contributed by atoms with Crippen molar-refractivity contribution in [1.82, 2.24) is 9.36 Å².